The van der Waals surface area contributed by atoms with Crippen LogP contribution in [0.1, 0.15) is 36.4 Å². The number of amides is 1. The number of aryl methyl sites for hydroxylation is 1. The molecule has 5 rings (SSSR count). The fourth-order valence-electron chi connectivity index (χ4n) is 4.09. The third kappa shape index (κ3) is 4.03. The van der Waals surface area contributed by atoms with E-state index in [0.29, 0.717) is 18.1 Å². The highest BCUT2D eigenvalue weighted by Gasteiger charge is 2.40. The molecular formula is C24H25N5O2S. The molecule has 2 aliphatic heterocycles. The second-order valence-corrected chi connectivity index (χ2v) is 8.82. The van der Waals surface area contributed by atoms with E-state index in [9.17, 15) is 4.79 Å². The Labute approximate surface area is 191 Å². The van der Waals surface area contributed by atoms with Gasteiger partial charge in [0.25, 0.3) is 5.91 Å². The molecule has 0 spiro atoms. The molecule has 1 fully saturated rings. The van der Waals surface area contributed by atoms with Crippen LogP contribution in [0, 0.1) is 0 Å². The van der Waals surface area contributed by atoms with Crippen molar-refractivity contribution in [2.24, 2.45) is 0 Å². The molecule has 3 aromatic rings. The predicted molar refractivity (Wildman–Crippen MR) is 123 cm³/mol. The summed E-state index contributed by atoms with van der Waals surface area (Å²) in [6.07, 6.45) is 7.44. The summed E-state index contributed by atoms with van der Waals surface area (Å²) in [4.78, 5) is 20.5. The van der Waals surface area contributed by atoms with Crippen molar-refractivity contribution in [3.63, 3.8) is 0 Å². The van der Waals surface area contributed by atoms with E-state index in [1.54, 1.807) is 22.9 Å². The van der Waals surface area contributed by atoms with Gasteiger partial charge in [-0.3, -0.25) is 4.79 Å². The van der Waals surface area contributed by atoms with Gasteiger partial charge in [0, 0.05) is 22.9 Å². The van der Waals surface area contributed by atoms with Crippen molar-refractivity contribution in [2.45, 2.75) is 43.3 Å². The first kappa shape index (κ1) is 20.8. The molecule has 1 amide bonds. The van der Waals surface area contributed by atoms with Crippen LogP contribution in [-0.4, -0.2) is 38.3 Å². The molecule has 0 radical (unpaired) electrons. The van der Waals surface area contributed by atoms with Crippen molar-refractivity contribution in [2.75, 3.05) is 6.26 Å². The number of benzene rings is 2. The van der Waals surface area contributed by atoms with Gasteiger partial charge in [-0.1, -0.05) is 36.3 Å². The molecule has 164 valence electrons. The van der Waals surface area contributed by atoms with Crippen LogP contribution in [-0.2, 0) is 17.8 Å². The van der Waals surface area contributed by atoms with Crippen LogP contribution < -0.4 is 5.43 Å². The fraction of sp³-hybridized carbons (Fsp3) is 0.292. The van der Waals surface area contributed by atoms with E-state index >= 15 is 0 Å². The molecule has 1 N–H and O–H groups in total. The maximum Gasteiger partial charge on any atom is 0.251 e. The highest BCUT2D eigenvalue weighted by Crippen LogP contribution is 2.31. The Bertz CT molecular complexity index is 1130. The minimum atomic E-state index is -0.252. The monoisotopic (exact) mass is 447 g/mol. The Morgan fingerprint density at radius 2 is 1.91 bits per heavy atom. The number of fused-ring (bicyclic) bond motifs is 1. The largest absolute Gasteiger partial charge is 0.337 e. The first-order valence-electron chi connectivity index (χ1n) is 10.7. The summed E-state index contributed by atoms with van der Waals surface area (Å²) in [5.74, 6) is 0.968. The minimum Gasteiger partial charge on any atom is -0.337 e. The lowest BCUT2D eigenvalue weighted by Crippen LogP contribution is -2.47. The third-order valence-corrected chi connectivity index (χ3v) is 6.73. The molecule has 3 heterocycles. The van der Waals surface area contributed by atoms with Crippen LogP contribution in [0.2, 0.25) is 0 Å². The summed E-state index contributed by atoms with van der Waals surface area (Å²) in [5, 5.41) is 5.99. The van der Waals surface area contributed by atoms with E-state index in [0.717, 1.165) is 12.0 Å². The zero-order valence-electron chi connectivity index (χ0n) is 18.1. The summed E-state index contributed by atoms with van der Waals surface area (Å²) in [6, 6.07) is 16.5. The van der Waals surface area contributed by atoms with E-state index < -0.39 is 0 Å². The Kier molecular flexibility index (Phi) is 5.71. The normalized spacial score (nSPS) is 20.1. The van der Waals surface area contributed by atoms with E-state index in [1.165, 1.54) is 16.0 Å². The summed E-state index contributed by atoms with van der Waals surface area (Å²) < 4.78 is 5.43. The number of rotatable bonds is 6. The maximum atomic E-state index is 13.1. The molecule has 0 saturated carbocycles. The molecule has 8 heteroatoms. The average Bonchev–Trinajstić information content (AvgIpc) is 3.49. The zero-order valence-corrected chi connectivity index (χ0v) is 18.9. The van der Waals surface area contributed by atoms with Gasteiger partial charge >= 0.3 is 0 Å². The van der Waals surface area contributed by atoms with Crippen molar-refractivity contribution in [3.8, 4) is 11.4 Å². The van der Waals surface area contributed by atoms with Crippen molar-refractivity contribution in [3.05, 3.63) is 77.9 Å². The summed E-state index contributed by atoms with van der Waals surface area (Å²) >= 11 is 1.68. The van der Waals surface area contributed by atoms with Crippen molar-refractivity contribution < 1.29 is 9.32 Å². The fourth-order valence-corrected chi connectivity index (χ4v) is 4.50. The molecule has 32 heavy (non-hydrogen) atoms. The van der Waals surface area contributed by atoms with Gasteiger partial charge < -0.3 is 14.4 Å². The average molecular weight is 448 g/mol. The number of nitrogens with zero attached hydrogens (tertiary/aromatic N) is 4. The first-order valence-corrected chi connectivity index (χ1v) is 12.0. The number of carbonyl (C=O) groups excluding carboxylic acids is 1. The lowest BCUT2D eigenvalue weighted by atomic mass is 9.99. The van der Waals surface area contributed by atoms with E-state index in [2.05, 4.69) is 46.8 Å². The lowest BCUT2D eigenvalue weighted by molar-refractivity contribution is -0.135. The summed E-state index contributed by atoms with van der Waals surface area (Å²) in [6.45, 7) is 2.40. The second kappa shape index (κ2) is 8.80. The van der Waals surface area contributed by atoms with Gasteiger partial charge in [0.1, 0.15) is 12.6 Å². The smallest absolute Gasteiger partial charge is 0.251 e. The first-order chi connectivity index (χ1) is 15.6. The molecule has 2 aliphatic rings. The molecule has 2 unspecified atom stereocenters. The standard InChI is InChI=1S/C24H25N5O2S/c1-3-16-4-6-17(7-5-16)20-14-21-24(30)28(12-13-29(21)26-20)15-22-25-23(27-31-22)18-8-10-19(32-2)11-9-18/h4-13,20-21,26H,3,14-15H2,1-2H3. The van der Waals surface area contributed by atoms with Crippen molar-refractivity contribution >= 4 is 17.7 Å². The maximum absolute atomic E-state index is 13.1. The number of hydrogen-bond acceptors (Lipinski definition) is 7. The highest BCUT2D eigenvalue weighted by atomic mass is 32.2. The van der Waals surface area contributed by atoms with Gasteiger partial charge in [-0.25, -0.2) is 5.43 Å². The number of carbonyl (C=O) groups is 1. The van der Waals surface area contributed by atoms with Crippen LogP contribution in [0.25, 0.3) is 11.4 Å². The van der Waals surface area contributed by atoms with Gasteiger partial charge in [0.2, 0.25) is 11.7 Å². The molecule has 2 aromatic carbocycles. The van der Waals surface area contributed by atoms with Gasteiger partial charge in [-0.2, -0.15) is 4.98 Å². The Morgan fingerprint density at radius 1 is 1.12 bits per heavy atom. The zero-order chi connectivity index (χ0) is 22.1. The highest BCUT2D eigenvalue weighted by molar-refractivity contribution is 7.98. The summed E-state index contributed by atoms with van der Waals surface area (Å²) in [5.41, 5.74) is 6.84. The second-order valence-electron chi connectivity index (χ2n) is 7.94. The van der Waals surface area contributed by atoms with E-state index in [1.807, 2.05) is 41.7 Å². The summed E-state index contributed by atoms with van der Waals surface area (Å²) in [7, 11) is 0. The Balaban J connectivity index is 1.25. The Morgan fingerprint density at radius 3 is 2.62 bits per heavy atom. The van der Waals surface area contributed by atoms with Gasteiger partial charge in [0.15, 0.2) is 0 Å². The van der Waals surface area contributed by atoms with E-state index in [4.69, 9.17) is 4.52 Å². The molecule has 2 atom stereocenters. The molecule has 0 aliphatic carbocycles. The number of hydrogen-bond donors (Lipinski definition) is 1. The third-order valence-electron chi connectivity index (χ3n) is 5.99. The van der Waals surface area contributed by atoms with Gasteiger partial charge in [0.05, 0.1) is 6.04 Å². The molecular weight excluding hydrogens is 422 g/mol. The number of nitrogens with one attached hydrogen (secondary N) is 1. The van der Waals surface area contributed by atoms with Crippen LogP contribution in [0.15, 0.2) is 70.3 Å². The number of thioether (sulfide) groups is 1. The van der Waals surface area contributed by atoms with Crippen LogP contribution in [0.3, 0.4) is 0 Å². The molecule has 7 nitrogen and oxygen atoms in total. The van der Waals surface area contributed by atoms with Crippen molar-refractivity contribution in [1.82, 2.24) is 25.5 Å². The quantitative estimate of drug-likeness (QED) is 0.569. The minimum absolute atomic E-state index is 0.0248. The Hall–Kier alpha value is -3.10. The number of hydrazine groups is 1. The number of aromatic nitrogens is 2. The van der Waals surface area contributed by atoms with Crippen molar-refractivity contribution in [1.29, 1.82) is 0 Å². The predicted octanol–water partition coefficient (Wildman–Crippen LogP) is 4.15. The molecule has 1 aromatic heterocycles. The van der Waals surface area contributed by atoms with Crippen LogP contribution >= 0.6 is 11.8 Å². The molecule has 0 bridgehead atoms. The molecule has 1 saturated heterocycles. The SMILES string of the molecule is CCc1ccc(C2CC3C(=O)N(Cc4nc(-c5ccc(SC)cc5)no4)C=CN3N2)cc1. The van der Waals surface area contributed by atoms with Gasteiger partial charge in [-0.15, -0.1) is 11.8 Å². The van der Waals surface area contributed by atoms with Gasteiger partial charge in [-0.05, 0) is 54.5 Å². The lowest BCUT2D eigenvalue weighted by Gasteiger charge is -2.30. The van der Waals surface area contributed by atoms with E-state index in [-0.39, 0.29) is 24.5 Å². The van der Waals surface area contributed by atoms with Crippen LogP contribution in [0.5, 0.6) is 0 Å². The topological polar surface area (TPSA) is 74.5 Å². The van der Waals surface area contributed by atoms with Crippen LogP contribution in [0.4, 0.5) is 0 Å².